The molecule has 9 heteroatoms. The molecule has 0 atom stereocenters. The molecule has 0 aliphatic carbocycles. The molecule has 0 unspecified atom stereocenters. The molecule has 19 heavy (non-hydrogen) atoms. The first kappa shape index (κ1) is 14.9. The zero-order valence-corrected chi connectivity index (χ0v) is 9.86. The number of nitrogens with zero attached hydrogens (tertiary/aromatic N) is 1. The minimum Gasteiger partial charge on any atom is -0.481 e. The van der Waals surface area contributed by atoms with E-state index in [0.717, 1.165) is 0 Å². The van der Waals surface area contributed by atoms with Gasteiger partial charge in [0, 0.05) is 6.07 Å². The number of carbonyl (C=O) groups is 1. The number of pyridine rings is 1. The Morgan fingerprint density at radius 3 is 2.63 bits per heavy atom. The van der Waals surface area contributed by atoms with Gasteiger partial charge in [-0.15, -0.1) is 0 Å². The largest absolute Gasteiger partial charge is 0.481 e. The van der Waals surface area contributed by atoms with Crippen LogP contribution in [0.25, 0.3) is 0 Å². The fraction of sp³-hybridized carbons (Fsp3) is 0.400. The monoisotopic (exact) mass is 280 g/mol. The number of halogens is 3. The van der Waals surface area contributed by atoms with Crippen LogP contribution in [-0.2, 0) is 11.3 Å². The number of alkyl halides is 3. The fourth-order valence-electron chi connectivity index (χ4n) is 1.12. The first-order valence-corrected chi connectivity index (χ1v) is 4.97. The zero-order chi connectivity index (χ0) is 14.5. The molecule has 0 aliphatic heterocycles. The van der Waals surface area contributed by atoms with Crippen LogP contribution in [0.2, 0.25) is 0 Å². The van der Waals surface area contributed by atoms with Crippen LogP contribution in [0, 0.1) is 0 Å². The molecular weight excluding hydrogens is 269 g/mol. The third-order valence-electron chi connectivity index (χ3n) is 1.86. The molecule has 0 radical (unpaired) electrons. The maximum absolute atomic E-state index is 12.0. The third kappa shape index (κ3) is 5.32. The van der Waals surface area contributed by atoms with Gasteiger partial charge in [0.05, 0.1) is 12.7 Å². The summed E-state index contributed by atoms with van der Waals surface area (Å²) in [6, 6.07) is 2.56. The van der Waals surface area contributed by atoms with Crippen molar-refractivity contribution >= 4 is 6.09 Å². The summed E-state index contributed by atoms with van der Waals surface area (Å²) in [6.07, 6.45) is -5.44. The number of hydrogen-bond donors (Lipinski definition) is 1. The SMILES string of the molecule is COc1nc(OCC(F)(F)F)ccc1COC(N)=O. The standard InChI is InChI=1S/C10H11F3N2O4/c1-17-8-6(4-18-9(14)16)2-3-7(15-8)19-5-10(11,12)13/h2-3H,4-5H2,1H3,(H2,14,16). The van der Waals surface area contributed by atoms with E-state index >= 15 is 0 Å². The molecular formula is C10H11F3N2O4. The molecule has 0 aromatic carbocycles. The van der Waals surface area contributed by atoms with E-state index in [-0.39, 0.29) is 18.4 Å². The summed E-state index contributed by atoms with van der Waals surface area (Å²) >= 11 is 0. The Labute approximate surface area is 106 Å². The van der Waals surface area contributed by atoms with Crippen LogP contribution in [0.5, 0.6) is 11.8 Å². The molecule has 1 heterocycles. The fourth-order valence-corrected chi connectivity index (χ4v) is 1.12. The van der Waals surface area contributed by atoms with Crippen molar-refractivity contribution in [1.29, 1.82) is 0 Å². The molecule has 0 spiro atoms. The molecule has 1 rings (SSSR count). The van der Waals surface area contributed by atoms with Gasteiger partial charge in [-0.1, -0.05) is 0 Å². The quantitative estimate of drug-likeness (QED) is 0.886. The molecule has 0 fully saturated rings. The average Bonchev–Trinajstić information content (AvgIpc) is 2.33. The van der Waals surface area contributed by atoms with Crippen molar-refractivity contribution in [3.63, 3.8) is 0 Å². The highest BCUT2D eigenvalue weighted by atomic mass is 19.4. The first-order valence-electron chi connectivity index (χ1n) is 4.97. The van der Waals surface area contributed by atoms with Crippen molar-refractivity contribution in [3.05, 3.63) is 17.7 Å². The summed E-state index contributed by atoms with van der Waals surface area (Å²) in [4.78, 5) is 14.1. The van der Waals surface area contributed by atoms with Gasteiger partial charge in [0.2, 0.25) is 11.8 Å². The normalized spacial score (nSPS) is 10.9. The lowest BCUT2D eigenvalue weighted by Crippen LogP contribution is -2.19. The highest BCUT2D eigenvalue weighted by Crippen LogP contribution is 2.22. The lowest BCUT2D eigenvalue weighted by atomic mass is 10.3. The smallest absolute Gasteiger partial charge is 0.422 e. The highest BCUT2D eigenvalue weighted by molar-refractivity contribution is 5.64. The number of amides is 1. The summed E-state index contributed by atoms with van der Waals surface area (Å²) in [5.41, 5.74) is 5.13. The Bertz CT molecular complexity index is 451. The number of nitrogens with two attached hydrogens (primary N) is 1. The minimum atomic E-state index is -4.46. The van der Waals surface area contributed by atoms with E-state index in [1.165, 1.54) is 19.2 Å². The van der Waals surface area contributed by atoms with E-state index in [9.17, 15) is 18.0 Å². The summed E-state index contributed by atoms with van der Waals surface area (Å²) in [6.45, 7) is -1.66. The van der Waals surface area contributed by atoms with Gasteiger partial charge in [-0.05, 0) is 6.07 Å². The van der Waals surface area contributed by atoms with Crippen molar-refractivity contribution < 1.29 is 32.2 Å². The number of ether oxygens (including phenoxy) is 3. The van der Waals surface area contributed by atoms with Gasteiger partial charge in [-0.25, -0.2) is 4.79 Å². The van der Waals surface area contributed by atoms with Gasteiger partial charge in [0.15, 0.2) is 6.61 Å². The van der Waals surface area contributed by atoms with Gasteiger partial charge in [-0.2, -0.15) is 18.2 Å². The Balaban J connectivity index is 2.75. The van der Waals surface area contributed by atoms with Gasteiger partial charge in [0.1, 0.15) is 6.61 Å². The predicted octanol–water partition coefficient (Wildman–Crippen LogP) is 1.63. The molecule has 0 saturated heterocycles. The number of carbonyl (C=O) groups excluding carboxylic acids is 1. The first-order chi connectivity index (χ1) is 8.81. The predicted molar refractivity (Wildman–Crippen MR) is 56.7 cm³/mol. The van der Waals surface area contributed by atoms with E-state index in [4.69, 9.17) is 10.5 Å². The number of rotatable bonds is 5. The summed E-state index contributed by atoms with van der Waals surface area (Å²) < 4.78 is 49.7. The molecule has 1 aromatic rings. The van der Waals surface area contributed by atoms with E-state index in [1.54, 1.807) is 0 Å². The van der Waals surface area contributed by atoms with Crippen LogP contribution in [-0.4, -0.2) is 31.0 Å². The van der Waals surface area contributed by atoms with Crippen molar-refractivity contribution in [2.45, 2.75) is 12.8 Å². The van der Waals surface area contributed by atoms with Crippen LogP contribution in [0.3, 0.4) is 0 Å². The van der Waals surface area contributed by atoms with Crippen molar-refractivity contribution in [2.24, 2.45) is 5.73 Å². The average molecular weight is 280 g/mol. The van der Waals surface area contributed by atoms with E-state index in [0.29, 0.717) is 5.56 Å². The second-order valence-electron chi connectivity index (χ2n) is 3.33. The van der Waals surface area contributed by atoms with Gasteiger partial charge in [0.25, 0.3) is 0 Å². The maximum Gasteiger partial charge on any atom is 0.422 e. The summed E-state index contributed by atoms with van der Waals surface area (Å²) in [7, 11) is 1.27. The molecule has 1 aromatic heterocycles. The van der Waals surface area contributed by atoms with Crippen molar-refractivity contribution in [2.75, 3.05) is 13.7 Å². The van der Waals surface area contributed by atoms with Gasteiger partial charge in [-0.3, -0.25) is 0 Å². The van der Waals surface area contributed by atoms with Crippen LogP contribution < -0.4 is 15.2 Å². The van der Waals surface area contributed by atoms with Gasteiger partial charge < -0.3 is 19.9 Å². The Kier molecular flexibility index (Phi) is 4.79. The maximum atomic E-state index is 12.0. The molecule has 1 amide bonds. The molecule has 106 valence electrons. The second kappa shape index (κ2) is 6.12. The van der Waals surface area contributed by atoms with Crippen LogP contribution in [0.15, 0.2) is 12.1 Å². The Morgan fingerprint density at radius 2 is 2.11 bits per heavy atom. The molecule has 0 saturated carbocycles. The number of aromatic nitrogens is 1. The number of methoxy groups -OCH3 is 1. The molecule has 2 N–H and O–H groups in total. The van der Waals surface area contributed by atoms with Crippen LogP contribution in [0.4, 0.5) is 18.0 Å². The third-order valence-corrected chi connectivity index (χ3v) is 1.86. The molecule has 6 nitrogen and oxygen atoms in total. The Hall–Kier alpha value is -2.19. The van der Waals surface area contributed by atoms with Gasteiger partial charge >= 0.3 is 12.3 Å². The second-order valence-corrected chi connectivity index (χ2v) is 3.33. The van der Waals surface area contributed by atoms with Crippen LogP contribution in [0.1, 0.15) is 5.56 Å². The van der Waals surface area contributed by atoms with Crippen molar-refractivity contribution in [1.82, 2.24) is 4.98 Å². The summed E-state index contributed by atoms with van der Waals surface area (Å²) in [5.74, 6) is -0.266. The van der Waals surface area contributed by atoms with Crippen LogP contribution >= 0.6 is 0 Å². The number of hydrogen-bond acceptors (Lipinski definition) is 5. The van der Waals surface area contributed by atoms with E-state index in [2.05, 4.69) is 14.5 Å². The minimum absolute atomic E-state index is 0.0130. The van der Waals surface area contributed by atoms with E-state index in [1.807, 2.05) is 0 Å². The Morgan fingerprint density at radius 1 is 1.42 bits per heavy atom. The zero-order valence-electron chi connectivity index (χ0n) is 9.86. The van der Waals surface area contributed by atoms with E-state index < -0.39 is 18.9 Å². The lowest BCUT2D eigenvalue weighted by Gasteiger charge is -2.11. The van der Waals surface area contributed by atoms with Crippen molar-refractivity contribution in [3.8, 4) is 11.8 Å². The topological polar surface area (TPSA) is 83.7 Å². The lowest BCUT2D eigenvalue weighted by molar-refractivity contribution is -0.154. The molecule has 0 aliphatic rings. The molecule has 0 bridgehead atoms. The highest BCUT2D eigenvalue weighted by Gasteiger charge is 2.28. The number of primary amides is 1. The summed E-state index contributed by atoms with van der Waals surface area (Å²) in [5, 5.41) is 0.